The number of nitrogens with zero attached hydrogens (tertiary/aromatic N) is 3. The monoisotopic (exact) mass is 189 g/mol. The van der Waals surface area contributed by atoms with Crippen molar-refractivity contribution < 1.29 is 5.11 Å². The van der Waals surface area contributed by atoms with Crippen molar-refractivity contribution in [3.05, 3.63) is 36.0 Å². The van der Waals surface area contributed by atoms with Crippen molar-refractivity contribution >= 4 is 0 Å². The summed E-state index contributed by atoms with van der Waals surface area (Å²) in [5, 5.41) is 16.5. The molecular weight excluding hydrogens is 178 g/mol. The molecule has 0 saturated heterocycles. The molecular formula is C10H11N3O. The van der Waals surface area contributed by atoms with E-state index in [1.54, 1.807) is 6.20 Å². The van der Waals surface area contributed by atoms with Gasteiger partial charge in [0.15, 0.2) is 0 Å². The van der Waals surface area contributed by atoms with Crippen LogP contribution in [0.1, 0.15) is 5.56 Å². The summed E-state index contributed by atoms with van der Waals surface area (Å²) in [5.41, 5.74) is 3.00. The minimum atomic E-state index is -0.140. The summed E-state index contributed by atoms with van der Waals surface area (Å²) in [6, 6.07) is 8.02. The minimum absolute atomic E-state index is 0.140. The maximum absolute atomic E-state index is 8.80. The summed E-state index contributed by atoms with van der Waals surface area (Å²) in [5.74, 6) is 0. The number of aryl methyl sites for hydroxylation is 1. The summed E-state index contributed by atoms with van der Waals surface area (Å²) in [6.45, 7) is 1.90. The molecule has 0 bridgehead atoms. The van der Waals surface area contributed by atoms with Gasteiger partial charge in [-0.25, -0.2) is 4.68 Å². The van der Waals surface area contributed by atoms with E-state index in [-0.39, 0.29) is 6.73 Å². The number of rotatable bonds is 2. The van der Waals surface area contributed by atoms with E-state index in [0.29, 0.717) is 0 Å². The van der Waals surface area contributed by atoms with Gasteiger partial charge in [0.1, 0.15) is 12.4 Å². The van der Waals surface area contributed by atoms with Crippen molar-refractivity contribution in [1.82, 2.24) is 15.0 Å². The van der Waals surface area contributed by atoms with Crippen LogP contribution < -0.4 is 0 Å². The first-order chi connectivity index (χ1) is 6.79. The molecule has 1 N–H and O–H groups in total. The summed E-state index contributed by atoms with van der Waals surface area (Å²) >= 11 is 0. The molecule has 0 aliphatic rings. The highest BCUT2D eigenvalue weighted by Gasteiger charge is 2.01. The predicted octanol–water partition coefficient (Wildman–Crippen LogP) is 1.20. The summed E-state index contributed by atoms with van der Waals surface area (Å²) < 4.78 is 1.38. The fourth-order valence-corrected chi connectivity index (χ4v) is 1.22. The lowest BCUT2D eigenvalue weighted by atomic mass is 10.1. The summed E-state index contributed by atoms with van der Waals surface area (Å²) in [4.78, 5) is 0. The Morgan fingerprint density at radius 3 is 2.57 bits per heavy atom. The quantitative estimate of drug-likeness (QED) is 0.772. The lowest BCUT2D eigenvalue weighted by molar-refractivity contribution is 0.192. The van der Waals surface area contributed by atoms with Gasteiger partial charge in [0, 0.05) is 5.56 Å². The third-order valence-corrected chi connectivity index (χ3v) is 2.03. The van der Waals surface area contributed by atoms with E-state index in [9.17, 15) is 0 Å². The zero-order chi connectivity index (χ0) is 9.97. The SMILES string of the molecule is Cc1ccc(-c2cn(CO)nn2)cc1. The van der Waals surface area contributed by atoms with Gasteiger partial charge in [-0.3, -0.25) is 0 Å². The van der Waals surface area contributed by atoms with Crippen molar-refractivity contribution in [3.63, 3.8) is 0 Å². The van der Waals surface area contributed by atoms with E-state index in [2.05, 4.69) is 10.3 Å². The number of hydrogen-bond donors (Lipinski definition) is 1. The van der Waals surface area contributed by atoms with Gasteiger partial charge in [-0.05, 0) is 6.92 Å². The first-order valence-electron chi connectivity index (χ1n) is 4.37. The second-order valence-electron chi connectivity index (χ2n) is 3.15. The average molecular weight is 189 g/mol. The number of hydrogen-bond acceptors (Lipinski definition) is 3. The Morgan fingerprint density at radius 1 is 1.29 bits per heavy atom. The molecule has 0 spiro atoms. The second kappa shape index (κ2) is 3.59. The standard InChI is InChI=1S/C10H11N3O/c1-8-2-4-9(5-3-8)10-6-13(7-14)12-11-10/h2-6,14H,7H2,1H3. The molecule has 0 aliphatic heterocycles. The second-order valence-corrected chi connectivity index (χ2v) is 3.15. The van der Waals surface area contributed by atoms with Gasteiger partial charge in [-0.2, -0.15) is 0 Å². The number of aliphatic hydroxyl groups excluding tert-OH is 1. The molecule has 4 heteroatoms. The first kappa shape index (κ1) is 8.90. The molecule has 14 heavy (non-hydrogen) atoms. The molecule has 72 valence electrons. The minimum Gasteiger partial charge on any atom is -0.374 e. The smallest absolute Gasteiger partial charge is 0.137 e. The van der Waals surface area contributed by atoms with Gasteiger partial charge in [-0.1, -0.05) is 35.0 Å². The van der Waals surface area contributed by atoms with E-state index in [0.717, 1.165) is 11.3 Å². The Labute approximate surface area is 81.8 Å². The van der Waals surface area contributed by atoms with Crippen molar-refractivity contribution in [2.75, 3.05) is 0 Å². The third kappa shape index (κ3) is 1.65. The van der Waals surface area contributed by atoms with Crippen LogP contribution in [0.15, 0.2) is 30.5 Å². The zero-order valence-electron chi connectivity index (χ0n) is 7.88. The Balaban J connectivity index is 2.34. The molecule has 0 aliphatic carbocycles. The number of aliphatic hydroxyl groups is 1. The van der Waals surface area contributed by atoms with E-state index < -0.39 is 0 Å². The predicted molar refractivity (Wildman–Crippen MR) is 52.4 cm³/mol. The molecule has 1 aromatic heterocycles. The van der Waals surface area contributed by atoms with Crippen molar-refractivity contribution in [2.45, 2.75) is 13.7 Å². The molecule has 2 aromatic rings. The van der Waals surface area contributed by atoms with Gasteiger partial charge in [0.2, 0.25) is 0 Å². The number of benzene rings is 1. The fourth-order valence-electron chi connectivity index (χ4n) is 1.22. The van der Waals surface area contributed by atoms with Crippen LogP contribution in [0.5, 0.6) is 0 Å². The highest BCUT2D eigenvalue weighted by atomic mass is 16.3. The molecule has 1 heterocycles. The highest BCUT2D eigenvalue weighted by Crippen LogP contribution is 2.15. The van der Waals surface area contributed by atoms with Crippen LogP contribution in [0.2, 0.25) is 0 Å². The Kier molecular flexibility index (Phi) is 2.28. The molecule has 0 amide bonds. The fraction of sp³-hybridized carbons (Fsp3) is 0.200. The highest BCUT2D eigenvalue weighted by molar-refractivity contribution is 5.57. The van der Waals surface area contributed by atoms with Crippen LogP contribution in [-0.2, 0) is 6.73 Å². The van der Waals surface area contributed by atoms with Crippen LogP contribution in [0.25, 0.3) is 11.3 Å². The van der Waals surface area contributed by atoms with Gasteiger partial charge in [0.25, 0.3) is 0 Å². The van der Waals surface area contributed by atoms with Gasteiger partial charge in [0.05, 0.1) is 6.20 Å². The van der Waals surface area contributed by atoms with E-state index in [4.69, 9.17) is 5.11 Å². The molecule has 1 aromatic carbocycles. The Morgan fingerprint density at radius 2 is 2.00 bits per heavy atom. The van der Waals surface area contributed by atoms with Crippen LogP contribution in [0.3, 0.4) is 0 Å². The van der Waals surface area contributed by atoms with Crippen molar-refractivity contribution in [3.8, 4) is 11.3 Å². The van der Waals surface area contributed by atoms with Gasteiger partial charge < -0.3 is 5.11 Å². The van der Waals surface area contributed by atoms with Crippen LogP contribution in [-0.4, -0.2) is 20.1 Å². The first-order valence-corrected chi connectivity index (χ1v) is 4.37. The molecule has 0 fully saturated rings. The van der Waals surface area contributed by atoms with Crippen LogP contribution in [0.4, 0.5) is 0 Å². The topological polar surface area (TPSA) is 50.9 Å². The van der Waals surface area contributed by atoms with E-state index in [1.807, 2.05) is 31.2 Å². The van der Waals surface area contributed by atoms with E-state index >= 15 is 0 Å². The summed E-state index contributed by atoms with van der Waals surface area (Å²) in [7, 11) is 0. The van der Waals surface area contributed by atoms with Gasteiger partial charge in [-0.15, -0.1) is 5.10 Å². The Hall–Kier alpha value is -1.68. The summed E-state index contributed by atoms with van der Waals surface area (Å²) in [6.07, 6.45) is 1.71. The van der Waals surface area contributed by atoms with Crippen molar-refractivity contribution in [2.24, 2.45) is 0 Å². The zero-order valence-corrected chi connectivity index (χ0v) is 7.88. The third-order valence-electron chi connectivity index (χ3n) is 2.03. The maximum atomic E-state index is 8.80. The van der Waals surface area contributed by atoms with Gasteiger partial charge >= 0.3 is 0 Å². The molecule has 0 radical (unpaired) electrons. The normalized spacial score (nSPS) is 10.4. The van der Waals surface area contributed by atoms with Crippen LogP contribution >= 0.6 is 0 Å². The van der Waals surface area contributed by atoms with E-state index in [1.165, 1.54) is 10.2 Å². The maximum Gasteiger partial charge on any atom is 0.137 e. The lowest BCUT2D eigenvalue weighted by Crippen LogP contribution is -1.95. The molecule has 0 atom stereocenters. The van der Waals surface area contributed by atoms with Crippen LogP contribution in [0, 0.1) is 6.92 Å². The number of aromatic nitrogens is 3. The molecule has 0 saturated carbocycles. The largest absolute Gasteiger partial charge is 0.374 e. The average Bonchev–Trinajstić information content (AvgIpc) is 2.67. The molecule has 2 rings (SSSR count). The molecule has 0 unspecified atom stereocenters. The molecule has 4 nitrogen and oxygen atoms in total. The lowest BCUT2D eigenvalue weighted by Gasteiger charge is -1.95. The van der Waals surface area contributed by atoms with Crippen molar-refractivity contribution in [1.29, 1.82) is 0 Å². The Bertz CT molecular complexity index is 419.